The van der Waals surface area contributed by atoms with Crippen molar-refractivity contribution >= 4 is 35.2 Å². The third kappa shape index (κ3) is 8.11. The summed E-state index contributed by atoms with van der Waals surface area (Å²) >= 11 is 7.46. The maximum atomic E-state index is 13.1. The molecule has 168 valence electrons. The summed E-state index contributed by atoms with van der Waals surface area (Å²) in [5, 5.41) is 3.67. The van der Waals surface area contributed by atoms with Crippen LogP contribution in [-0.4, -0.2) is 41.7 Å². The van der Waals surface area contributed by atoms with Crippen LogP contribution in [0.25, 0.3) is 0 Å². The van der Waals surface area contributed by atoms with Crippen LogP contribution in [0.3, 0.4) is 0 Å². The molecule has 2 aromatic rings. The van der Waals surface area contributed by atoms with Gasteiger partial charge in [0, 0.05) is 23.4 Å². The van der Waals surface area contributed by atoms with Crippen LogP contribution in [0.15, 0.2) is 48.5 Å². The Hall–Kier alpha value is -2.18. The highest BCUT2D eigenvalue weighted by molar-refractivity contribution is 7.99. The van der Waals surface area contributed by atoms with E-state index in [2.05, 4.69) is 5.32 Å². The Balaban J connectivity index is 2.09. The fraction of sp³-hybridized carbons (Fsp3) is 0.417. The third-order valence-corrected chi connectivity index (χ3v) is 6.30. The number of carbonyl (C=O) groups is 2. The van der Waals surface area contributed by atoms with Gasteiger partial charge in [0.15, 0.2) is 0 Å². The van der Waals surface area contributed by atoms with Gasteiger partial charge in [0.1, 0.15) is 11.8 Å². The highest BCUT2D eigenvalue weighted by Crippen LogP contribution is 2.19. The van der Waals surface area contributed by atoms with Crippen LogP contribution in [0.2, 0.25) is 5.02 Å². The second kappa shape index (κ2) is 12.6. The number of hydrogen-bond acceptors (Lipinski definition) is 4. The molecule has 5 nitrogen and oxygen atoms in total. The standard InChI is InChI=1S/C24H31ClN2O3S/c1-5-17(2)26-24(29)18(3)27(14-20-7-6-8-22(13-20)30-4)23(28)16-31-15-19-9-11-21(25)12-10-19/h6-13,17-18H,5,14-16H2,1-4H3,(H,26,29)/t17-,18-/m1/s1. The SMILES string of the molecule is CC[C@@H](C)NC(=O)[C@@H](C)N(Cc1cccc(OC)c1)C(=O)CSCc1ccc(Cl)cc1. The zero-order valence-corrected chi connectivity index (χ0v) is 20.1. The second-order valence-electron chi connectivity index (χ2n) is 7.49. The minimum absolute atomic E-state index is 0.0583. The van der Waals surface area contributed by atoms with E-state index in [9.17, 15) is 9.59 Å². The van der Waals surface area contributed by atoms with Gasteiger partial charge in [0.2, 0.25) is 11.8 Å². The predicted octanol–water partition coefficient (Wildman–Crippen LogP) is 4.91. The largest absolute Gasteiger partial charge is 0.497 e. The Morgan fingerprint density at radius 2 is 1.84 bits per heavy atom. The first-order valence-electron chi connectivity index (χ1n) is 10.4. The van der Waals surface area contributed by atoms with Gasteiger partial charge in [-0.05, 0) is 55.7 Å². The lowest BCUT2D eigenvalue weighted by molar-refractivity contribution is -0.138. The number of carbonyl (C=O) groups excluding carboxylic acids is 2. The van der Waals surface area contributed by atoms with Crippen LogP contribution >= 0.6 is 23.4 Å². The summed E-state index contributed by atoms with van der Waals surface area (Å²) in [4.78, 5) is 27.5. The number of nitrogens with zero attached hydrogens (tertiary/aromatic N) is 1. The highest BCUT2D eigenvalue weighted by atomic mass is 35.5. The van der Waals surface area contributed by atoms with E-state index in [4.69, 9.17) is 16.3 Å². The van der Waals surface area contributed by atoms with E-state index in [1.807, 2.05) is 62.4 Å². The molecule has 0 aliphatic heterocycles. The fourth-order valence-corrected chi connectivity index (χ4v) is 3.93. The predicted molar refractivity (Wildman–Crippen MR) is 129 cm³/mol. The zero-order valence-electron chi connectivity index (χ0n) is 18.6. The summed E-state index contributed by atoms with van der Waals surface area (Å²) in [7, 11) is 1.61. The van der Waals surface area contributed by atoms with E-state index >= 15 is 0 Å². The topological polar surface area (TPSA) is 58.6 Å². The minimum Gasteiger partial charge on any atom is -0.497 e. The first kappa shape index (κ1) is 25.1. The van der Waals surface area contributed by atoms with Gasteiger partial charge in [-0.3, -0.25) is 9.59 Å². The van der Waals surface area contributed by atoms with Gasteiger partial charge in [-0.25, -0.2) is 0 Å². The van der Waals surface area contributed by atoms with Crippen molar-refractivity contribution in [2.24, 2.45) is 0 Å². The summed E-state index contributed by atoms with van der Waals surface area (Å²) in [6.07, 6.45) is 0.833. The number of thioether (sulfide) groups is 1. The van der Waals surface area contributed by atoms with Gasteiger partial charge in [0.25, 0.3) is 0 Å². The number of nitrogens with one attached hydrogen (secondary N) is 1. The molecule has 1 N–H and O–H groups in total. The molecule has 7 heteroatoms. The Morgan fingerprint density at radius 1 is 1.13 bits per heavy atom. The summed E-state index contributed by atoms with van der Waals surface area (Å²) in [6, 6.07) is 14.6. The molecule has 0 bridgehead atoms. The number of ether oxygens (including phenoxy) is 1. The van der Waals surface area contributed by atoms with E-state index in [0.717, 1.165) is 23.3 Å². The molecule has 0 saturated heterocycles. The molecule has 0 spiro atoms. The monoisotopic (exact) mass is 462 g/mol. The number of methoxy groups -OCH3 is 1. The van der Waals surface area contributed by atoms with Gasteiger partial charge in [-0.2, -0.15) is 0 Å². The summed E-state index contributed by atoms with van der Waals surface area (Å²) in [6.45, 7) is 6.09. The first-order valence-corrected chi connectivity index (χ1v) is 11.9. The molecule has 0 saturated carbocycles. The molecule has 0 radical (unpaired) electrons. The smallest absolute Gasteiger partial charge is 0.242 e. The van der Waals surface area contributed by atoms with Crippen molar-refractivity contribution in [1.29, 1.82) is 0 Å². The van der Waals surface area contributed by atoms with Crippen molar-refractivity contribution in [1.82, 2.24) is 10.2 Å². The molecule has 0 aromatic heterocycles. The van der Waals surface area contributed by atoms with Gasteiger partial charge < -0.3 is 15.0 Å². The maximum absolute atomic E-state index is 13.1. The Morgan fingerprint density at radius 3 is 2.48 bits per heavy atom. The van der Waals surface area contributed by atoms with Crippen molar-refractivity contribution in [2.45, 2.75) is 51.6 Å². The zero-order chi connectivity index (χ0) is 22.8. The van der Waals surface area contributed by atoms with E-state index in [-0.39, 0.29) is 23.6 Å². The lowest BCUT2D eigenvalue weighted by atomic mass is 10.1. The summed E-state index contributed by atoms with van der Waals surface area (Å²) < 4.78 is 5.30. The number of benzene rings is 2. The number of halogens is 1. The second-order valence-corrected chi connectivity index (χ2v) is 8.91. The van der Waals surface area contributed by atoms with E-state index in [1.165, 1.54) is 11.8 Å². The van der Waals surface area contributed by atoms with Crippen molar-refractivity contribution in [3.05, 3.63) is 64.7 Å². The van der Waals surface area contributed by atoms with Gasteiger partial charge in [-0.15, -0.1) is 11.8 Å². The van der Waals surface area contributed by atoms with Crippen LogP contribution in [0.5, 0.6) is 5.75 Å². The van der Waals surface area contributed by atoms with Crippen molar-refractivity contribution in [3.63, 3.8) is 0 Å². The Bertz CT molecular complexity index is 860. The maximum Gasteiger partial charge on any atom is 0.242 e. The van der Waals surface area contributed by atoms with E-state index < -0.39 is 6.04 Å². The lowest BCUT2D eigenvalue weighted by Crippen LogP contribution is -2.50. The molecule has 2 amide bonds. The number of hydrogen-bond donors (Lipinski definition) is 1. The van der Waals surface area contributed by atoms with Gasteiger partial charge >= 0.3 is 0 Å². The molecule has 0 fully saturated rings. The van der Waals surface area contributed by atoms with Crippen molar-refractivity contribution in [2.75, 3.05) is 12.9 Å². The average Bonchev–Trinajstić information content (AvgIpc) is 2.78. The molecular weight excluding hydrogens is 432 g/mol. The third-order valence-electron chi connectivity index (χ3n) is 5.06. The number of amides is 2. The molecule has 2 aromatic carbocycles. The van der Waals surface area contributed by atoms with Crippen LogP contribution in [0.1, 0.15) is 38.3 Å². The van der Waals surface area contributed by atoms with E-state index in [1.54, 1.807) is 18.9 Å². The molecule has 0 heterocycles. The Kier molecular flexibility index (Phi) is 10.2. The molecule has 2 atom stereocenters. The fourth-order valence-electron chi connectivity index (χ4n) is 2.94. The molecule has 0 unspecified atom stereocenters. The quantitative estimate of drug-likeness (QED) is 0.515. The van der Waals surface area contributed by atoms with Crippen LogP contribution < -0.4 is 10.1 Å². The molecular formula is C24H31ClN2O3S. The van der Waals surface area contributed by atoms with E-state index in [0.29, 0.717) is 17.3 Å². The van der Waals surface area contributed by atoms with Crippen LogP contribution in [-0.2, 0) is 21.9 Å². The van der Waals surface area contributed by atoms with Crippen molar-refractivity contribution < 1.29 is 14.3 Å². The van der Waals surface area contributed by atoms with Gasteiger partial charge in [-0.1, -0.05) is 42.8 Å². The van der Waals surface area contributed by atoms with Gasteiger partial charge in [0.05, 0.1) is 12.9 Å². The highest BCUT2D eigenvalue weighted by Gasteiger charge is 2.26. The van der Waals surface area contributed by atoms with Crippen LogP contribution in [0, 0.1) is 0 Å². The van der Waals surface area contributed by atoms with Crippen molar-refractivity contribution in [3.8, 4) is 5.75 Å². The Labute approximate surface area is 194 Å². The minimum atomic E-state index is -0.580. The number of rotatable bonds is 11. The molecule has 0 aliphatic rings. The lowest BCUT2D eigenvalue weighted by Gasteiger charge is -2.29. The summed E-state index contributed by atoms with van der Waals surface area (Å²) in [5.74, 6) is 1.48. The molecule has 2 rings (SSSR count). The summed E-state index contributed by atoms with van der Waals surface area (Å²) in [5.41, 5.74) is 2.02. The van der Waals surface area contributed by atoms with Crippen LogP contribution in [0.4, 0.5) is 0 Å². The normalized spacial score (nSPS) is 12.7. The molecule has 31 heavy (non-hydrogen) atoms. The molecule has 0 aliphatic carbocycles. The first-order chi connectivity index (χ1) is 14.8. The average molecular weight is 463 g/mol.